The molecule has 1 heterocycles. The molecule has 0 amide bonds. The first-order valence-corrected chi connectivity index (χ1v) is 4.33. The van der Waals surface area contributed by atoms with Gasteiger partial charge in [-0.3, -0.25) is 10.1 Å². The molecule has 2 rings (SSSR count). The van der Waals surface area contributed by atoms with E-state index in [4.69, 9.17) is 0 Å². The second-order valence-corrected chi connectivity index (χ2v) is 3.00. The van der Waals surface area contributed by atoms with Crippen LogP contribution in [0.15, 0.2) is 18.2 Å². The molecule has 1 N–H and O–H groups in total. The SMILES string of the molecule is CCc1nc2ccc([N+](=O)[O-])cc2[nH]1. The molecule has 0 bridgehead atoms. The Bertz CT molecular complexity index is 490. The summed E-state index contributed by atoms with van der Waals surface area (Å²) in [5, 5.41) is 10.5. The molecule has 0 saturated heterocycles. The van der Waals surface area contributed by atoms with Crippen molar-refractivity contribution in [3.63, 3.8) is 0 Å². The standard InChI is InChI=1S/C9H9N3O2/c1-2-9-10-7-4-3-6(12(13)14)5-8(7)11-9/h3-5H,2H2,1H3,(H,10,11). The summed E-state index contributed by atoms with van der Waals surface area (Å²) in [4.78, 5) is 17.4. The van der Waals surface area contributed by atoms with Crippen LogP contribution >= 0.6 is 0 Å². The minimum atomic E-state index is -0.411. The Balaban J connectivity index is 2.59. The Morgan fingerprint density at radius 2 is 2.36 bits per heavy atom. The molecule has 0 aliphatic rings. The van der Waals surface area contributed by atoms with E-state index in [9.17, 15) is 10.1 Å². The highest BCUT2D eigenvalue weighted by molar-refractivity contribution is 5.77. The number of imidazole rings is 1. The van der Waals surface area contributed by atoms with Gasteiger partial charge < -0.3 is 4.98 Å². The van der Waals surface area contributed by atoms with Gasteiger partial charge in [0.1, 0.15) is 5.82 Å². The number of hydrogen-bond donors (Lipinski definition) is 1. The van der Waals surface area contributed by atoms with Gasteiger partial charge in [0.05, 0.1) is 16.0 Å². The Morgan fingerprint density at radius 1 is 1.57 bits per heavy atom. The van der Waals surface area contributed by atoms with E-state index in [1.165, 1.54) is 12.1 Å². The van der Waals surface area contributed by atoms with Crippen molar-refractivity contribution >= 4 is 16.7 Å². The second kappa shape index (κ2) is 3.10. The number of H-pyrrole nitrogens is 1. The fourth-order valence-corrected chi connectivity index (χ4v) is 1.33. The minimum Gasteiger partial charge on any atom is -0.342 e. The van der Waals surface area contributed by atoms with Gasteiger partial charge in [-0.2, -0.15) is 0 Å². The van der Waals surface area contributed by atoms with Crippen LogP contribution in [0.5, 0.6) is 0 Å². The number of hydrogen-bond acceptors (Lipinski definition) is 3. The number of rotatable bonds is 2. The maximum atomic E-state index is 10.5. The van der Waals surface area contributed by atoms with Crippen molar-refractivity contribution in [1.82, 2.24) is 9.97 Å². The van der Waals surface area contributed by atoms with Gasteiger partial charge in [-0.25, -0.2) is 4.98 Å². The van der Waals surface area contributed by atoms with Gasteiger partial charge in [0.2, 0.25) is 0 Å². The predicted octanol–water partition coefficient (Wildman–Crippen LogP) is 2.03. The van der Waals surface area contributed by atoms with Crippen LogP contribution in [0.25, 0.3) is 11.0 Å². The lowest BCUT2D eigenvalue weighted by molar-refractivity contribution is -0.384. The smallest absolute Gasteiger partial charge is 0.271 e. The highest BCUT2D eigenvalue weighted by Crippen LogP contribution is 2.18. The average molecular weight is 191 g/mol. The lowest BCUT2D eigenvalue weighted by atomic mass is 10.3. The molecule has 0 unspecified atom stereocenters. The number of aromatic amines is 1. The molecule has 0 atom stereocenters. The van der Waals surface area contributed by atoms with Crippen LogP contribution < -0.4 is 0 Å². The van der Waals surface area contributed by atoms with E-state index in [1.807, 2.05) is 6.92 Å². The van der Waals surface area contributed by atoms with Crippen LogP contribution in [0, 0.1) is 10.1 Å². The van der Waals surface area contributed by atoms with Crippen LogP contribution in [0.4, 0.5) is 5.69 Å². The Morgan fingerprint density at radius 3 is 3.00 bits per heavy atom. The van der Waals surface area contributed by atoms with E-state index < -0.39 is 4.92 Å². The van der Waals surface area contributed by atoms with Crippen molar-refractivity contribution in [2.45, 2.75) is 13.3 Å². The first-order valence-electron chi connectivity index (χ1n) is 4.33. The second-order valence-electron chi connectivity index (χ2n) is 3.00. The molecule has 0 radical (unpaired) electrons. The first-order chi connectivity index (χ1) is 6.70. The molecule has 2 aromatic rings. The third-order valence-corrected chi connectivity index (χ3v) is 2.06. The molecule has 0 saturated carbocycles. The van der Waals surface area contributed by atoms with Crippen molar-refractivity contribution in [2.24, 2.45) is 0 Å². The average Bonchev–Trinajstić information content (AvgIpc) is 2.58. The van der Waals surface area contributed by atoms with Crippen molar-refractivity contribution in [2.75, 3.05) is 0 Å². The summed E-state index contributed by atoms with van der Waals surface area (Å²) in [6.45, 7) is 1.98. The molecular weight excluding hydrogens is 182 g/mol. The number of aryl methyl sites for hydroxylation is 1. The molecule has 1 aromatic heterocycles. The molecule has 5 heteroatoms. The number of nitro groups is 1. The Kier molecular flexibility index (Phi) is 1.92. The van der Waals surface area contributed by atoms with E-state index >= 15 is 0 Å². The molecule has 5 nitrogen and oxygen atoms in total. The van der Waals surface area contributed by atoms with Crippen LogP contribution in [0.3, 0.4) is 0 Å². The monoisotopic (exact) mass is 191 g/mol. The molecular formula is C9H9N3O2. The fraction of sp³-hybridized carbons (Fsp3) is 0.222. The quantitative estimate of drug-likeness (QED) is 0.583. The normalized spacial score (nSPS) is 10.6. The Labute approximate surface area is 79.9 Å². The summed E-state index contributed by atoms with van der Waals surface area (Å²) in [5.41, 5.74) is 1.58. The van der Waals surface area contributed by atoms with E-state index in [1.54, 1.807) is 6.07 Å². The van der Waals surface area contributed by atoms with Gasteiger partial charge in [0, 0.05) is 18.6 Å². The Hall–Kier alpha value is -1.91. The minimum absolute atomic E-state index is 0.0869. The van der Waals surface area contributed by atoms with Crippen molar-refractivity contribution in [1.29, 1.82) is 0 Å². The van der Waals surface area contributed by atoms with Gasteiger partial charge in [0.15, 0.2) is 0 Å². The molecule has 0 aliphatic carbocycles. The summed E-state index contributed by atoms with van der Waals surface area (Å²) < 4.78 is 0. The number of aromatic nitrogens is 2. The summed E-state index contributed by atoms with van der Waals surface area (Å²) in [7, 11) is 0. The number of benzene rings is 1. The largest absolute Gasteiger partial charge is 0.342 e. The maximum Gasteiger partial charge on any atom is 0.271 e. The summed E-state index contributed by atoms with van der Waals surface area (Å²) >= 11 is 0. The van der Waals surface area contributed by atoms with Crippen molar-refractivity contribution in [3.8, 4) is 0 Å². The van der Waals surface area contributed by atoms with Crippen molar-refractivity contribution < 1.29 is 4.92 Å². The molecule has 0 aliphatic heterocycles. The zero-order valence-electron chi connectivity index (χ0n) is 7.65. The number of fused-ring (bicyclic) bond motifs is 1. The lowest BCUT2D eigenvalue weighted by Crippen LogP contribution is -1.86. The van der Waals surface area contributed by atoms with Gasteiger partial charge in [0.25, 0.3) is 5.69 Å². The van der Waals surface area contributed by atoms with E-state index in [-0.39, 0.29) is 5.69 Å². The van der Waals surface area contributed by atoms with E-state index in [0.29, 0.717) is 0 Å². The van der Waals surface area contributed by atoms with Gasteiger partial charge in [-0.15, -0.1) is 0 Å². The van der Waals surface area contributed by atoms with Gasteiger partial charge in [-0.1, -0.05) is 6.92 Å². The van der Waals surface area contributed by atoms with Crippen LogP contribution in [0.2, 0.25) is 0 Å². The van der Waals surface area contributed by atoms with E-state index in [2.05, 4.69) is 9.97 Å². The summed E-state index contributed by atoms with van der Waals surface area (Å²) in [6.07, 6.45) is 0.794. The fourth-order valence-electron chi connectivity index (χ4n) is 1.33. The number of nitro benzene ring substituents is 1. The molecule has 72 valence electrons. The number of nitrogens with zero attached hydrogens (tertiary/aromatic N) is 2. The summed E-state index contributed by atoms with van der Waals surface area (Å²) in [6, 6.07) is 4.62. The lowest BCUT2D eigenvalue weighted by Gasteiger charge is -1.89. The molecule has 0 spiro atoms. The van der Waals surface area contributed by atoms with Crippen LogP contribution in [0.1, 0.15) is 12.7 Å². The summed E-state index contributed by atoms with van der Waals surface area (Å²) in [5.74, 6) is 0.848. The van der Waals surface area contributed by atoms with E-state index in [0.717, 1.165) is 23.3 Å². The van der Waals surface area contributed by atoms with Crippen LogP contribution in [-0.2, 0) is 6.42 Å². The zero-order valence-corrected chi connectivity index (χ0v) is 7.65. The number of non-ortho nitro benzene ring substituents is 1. The van der Waals surface area contributed by atoms with Gasteiger partial charge >= 0.3 is 0 Å². The maximum absolute atomic E-state index is 10.5. The molecule has 14 heavy (non-hydrogen) atoms. The first kappa shape index (κ1) is 8.68. The predicted molar refractivity (Wildman–Crippen MR) is 52.1 cm³/mol. The van der Waals surface area contributed by atoms with Crippen LogP contribution in [-0.4, -0.2) is 14.9 Å². The number of nitrogens with one attached hydrogen (secondary N) is 1. The highest BCUT2D eigenvalue weighted by atomic mass is 16.6. The molecule has 0 fully saturated rings. The third-order valence-electron chi connectivity index (χ3n) is 2.06. The zero-order chi connectivity index (χ0) is 10.1. The topological polar surface area (TPSA) is 71.8 Å². The molecule has 1 aromatic carbocycles. The third kappa shape index (κ3) is 1.32. The van der Waals surface area contributed by atoms with Crippen molar-refractivity contribution in [3.05, 3.63) is 34.1 Å². The van der Waals surface area contributed by atoms with Gasteiger partial charge in [-0.05, 0) is 6.07 Å². The highest BCUT2D eigenvalue weighted by Gasteiger charge is 2.08.